The summed E-state index contributed by atoms with van der Waals surface area (Å²) in [5, 5.41) is 8.63. The van der Waals surface area contributed by atoms with E-state index in [1.807, 2.05) is 10.7 Å². The highest BCUT2D eigenvalue weighted by Gasteiger charge is 2.16. The van der Waals surface area contributed by atoms with Crippen LogP contribution in [0.15, 0.2) is 42.5 Å². The lowest BCUT2D eigenvalue weighted by molar-refractivity contribution is 0.795. The second kappa shape index (κ2) is 5.73. The molecule has 0 spiro atoms. The largest absolute Gasteiger partial charge is 0.325 e. The first kappa shape index (κ1) is 14.5. The average Bonchev–Trinajstić information content (AvgIpc) is 2.93. The lowest BCUT2D eigenvalue weighted by atomic mass is 10.1. The van der Waals surface area contributed by atoms with Crippen molar-refractivity contribution >= 4 is 0 Å². The molecule has 0 saturated carbocycles. The topological polar surface area (TPSA) is 56.7 Å². The van der Waals surface area contributed by atoms with Gasteiger partial charge in [-0.2, -0.15) is 0 Å². The lowest BCUT2D eigenvalue weighted by Crippen LogP contribution is -2.04. The fourth-order valence-corrected chi connectivity index (χ4v) is 2.65. The minimum atomic E-state index is 0.369. The van der Waals surface area contributed by atoms with E-state index in [0.29, 0.717) is 6.54 Å². The molecule has 4 heteroatoms. The first-order valence-corrected chi connectivity index (χ1v) is 7.39. The normalized spacial score (nSPS) is 10.9. The van der Waals surface area contributed by atoms with Crippen molar-refractivity contribution in [2.45, 2.75) is 27.3 Å². The minimum absolute atomic E-state index is 0.369. The van der Waals surface area contributed by atoms with E-state index >= 15 is 0 Å². The van der Waals surface area contributed by atoms with E-state index in [2.05, 4.69) is 67.5 Å². The van der Waals surface area contributed by atoms with Crippen LogP contribution in [0.5, 0.6) is 0 Å². The van der Waals surface area contributed by atoms with E-state index < -0.39 is 0 Å². The maximum absolute atomic E-state index is 5.87. The third-order valence-corrected chi connectivity index (χ3v) is 3.82. The molecule has 0 saturated heterocycles. The van der Waals surface area contributed by atoms with Crippen LogP contribution in [0.25, 0.3) is 16.9 Å². The monoisotopic (exact) mass is 292 g/mol. The quantitative estimate of drug-likeness (QED) is 0.805. The third kappa shape index (κ3) is 2.53. The zero-order valence-electron chi connectivity index (χ0n) is 13.2. The third-order valence-electron chi connectivity index (χ3n) is 3.82. The maximum Gasteiger partial charge on any atom is 0.105 e. The van der Waals surface area contributed by atoms with Gasteiger partial charge in [0.05, 0.1) is 11.4 Å². The summed E-state index contributed by atoms with van der Waals surface area (Å²) < 4.78 is 1.90. The Kier molecular flexibility index (Phi) is 3.77. The lowest BCUT2D eigenvalue weighted by Gasteiger charge is -2.11. The van der Waals surface area contributed by atoms with Gasteiger partial charge in [0, 0.05) is 12.1 Å². The van der Waals surface area contributed by atoms with Gasteiger partial charge in [0.25, 0.3) is 0 Å². The van der Waals surface area contributed by atoms with Crippen LogP contribution in [-0.2, 0) is 6.54 Å². The Labute approximate surface area is 130 Å². The zero-order chi connectivity index (χ0) is 15.7. The molecule has 1 heterocycles. The SMILES string of the molecule is Cc1cccc(-c2c(CN)nnn2-c2cc(C)ccc2C)c1. The van der Waals surface area contributed by atoms with Crippen molar-refractivity contribution in [2.24, 2.45) is 5.73 Å². The Morgan fingerprint density at radius 3 is 2.50 bits per heavy atom. The highest BCUT2D eigenvalue weighted by molar-refractivity contribution is 5.65. The molecule has 0 aliphatic rings. The first-order chi connectivity index (χ1) is 10.6. The molecule has 0 aliphatic heterocycles. The molecule has 0 bridgehead atoms. The molecular weight excluding hydrogens is 272 g/mol. The van der Waals surface area contributed by atoms with Gasteiger partial charge in [0.1, 0.15) is 5.69 Å². The van der Waals surface area contributed by atoms with E-state index in [1.54, 1.807) is 0 Å². The molecule has 4 nitrogen and oxygen atoms in total. The van der Waals surface area contributed by atoms with Gasteiger partial charge in [-0.15, -0.1) is 5.10 Å². The van der Waals surface area contributed by atoms with Crippen molar-refractivity contribution < 1.29 is 0 Å². The Balaban J connectivity index is 2.26. The van der Waals surface area contributed by atoms with Crippen molar-refractivity contribution in [1.82, 2.24) is 15.0 Å². The number of aromatic nitrogens is 3. The molecule has 1 aromatic heterocycles. The van der Waals surface area contributed by atoms with Crippen LogP contribution in [0, 0.1) is 20.8 Å². The molecule has 3 aromatic rings. The molecule has 0 atom stereocenters. The summed E-state index contributed by atoms with van der Waals surface area (Å²) in [6.45, 7) is 6.61. The summed E-state index contributed by atoms with van der Waals surface area (Å²) >= 11 is 0. The van der Waals surface area contributed by atoms with Gasteiger partial charge < -0.3 is 5.73 Å². The molecule has 3 rings (SSSR count). The Bertz CT molecular complexity index is 818. The average molecular weight is 292 g/mol. The molecule has 2 N–H and O–H groups in total. The van der Waals surface area contributed by atoms with Gasteiger partial charge in [-0.3, -0.25) is 0 Å². The summed E-state index contributed by atoms with van der Waals surface area (Å²) in [7, 11) is 0. The van der Waals surface area contributed by atoms with E-state index in [-0.39, 0.29) is 0 Å². The fraction of sp³-hybridized carbons (Fsp3) is 0.222. The van der Waals surface area contributed by atoms with Gasteiger partial charge in [0.15, 0.2) is 0 Å². The number of aryl methyl sites for hydroxylation is 3. The number of hydrogen-bond donors (Lipinski definition) is 1. The van der Waals surface area contributed by atoms with Crippen LogP contribution in [0.3, 0.4) is 0 Å². The predicted octanol–water partition coefficient (Wildman–Crippen LogP) is 3.32. The fourth-order valence-electron chi connectivity index (χ4n) is 2.65. The first-order valence-electron chi connectivity index (χ1n) is 7.39. The van der Waals surface area contributed by atoms with Crippen molar-refractivity contribution in [3.63, 3.8) is 0 Å². The van der Waals surface area contributed by atoms with Gasteiger partial charge in [0.2, 0.25) is 0 Å². The minimum Gasteiger partial charge on any atom is -0.325 e. The van der Waals surface area contributed by atoms with E-state index in [1.165, 1.54) is 11.1 Å². The van der Waals surface area contributed by atoms with Crippen LogP contribution in [0.4, 0.5) is 0 Å². The number of nitrogens with zero attached hydrogens (tertiary/aromatic N) is 3. The Hall–Kier alpha value is -2.46. The van der Waals surface area contributed by atoms with E-state index in [9.17, 15) is 0 Å². The summed E-state index contributed by atoms with van der Waals surface area (Å²) in [6.07, 6.45) is 0. The summed E-state index contributed by atoms with van der Waals surface area (Å²) in [4.78, 5) is 0. The van der Waals surface area contributed by atoms with Crippen molar-refractivity contribution in [2.75, 3.05) is 0 Å². The summed E-state index contributed by atoms with van der Waals surface area (Å²) in [5.41, 5.74) is 13.3. The molecule has 0 aliphatic carbocycles. The highest BCUT2D eigenvalue weighted by Crippen LogP contribution is 2.27. The van der Waals surface area contributed by atoms with Crippen LogP contribution in [0.1, 0.15) is 22.4 Å². The Morgan fingerprint density at radius 2 is 1.77 bits per heavy atom. The standard InChI is InChI=1S/C18H20N4/c1-12-5-4-6-15(9-12)18-16(11-19)20-21-22(18)17-10-13(2)7-8-14(17)3/h4-10H,11,19H2,1-3H3. The highest BCUT2D eigenvalue weighted by atomic mass is 15.4. The number of nitrogens with two attached hydrogens (primary N) is 1. The van der Waals surface area contributed by atoms with E-state index in [4.69, 9.17) is 5.73 Å². The zero-order valence-corrected chi connectivity index (χ0v) is 13.2. The Morgan fingerprint density at radius 1 is 1.00 bits per heavy atom. The number of rotatable bonds is 3. The molecule has 0 unspecified atom stereocenters. The maximum atomic E-state index is 5.87. The van der Waals surface area contributed by atoms with Gasteiger partial charge in [-0.05, 0) is 44.0 Å². The van der Waals surface area contributed by atoms with Crippen LogP contribution in [-0.4, -0.2) is 15.0 Å². The molecule has 0 amide bonds. The van der Waals surface area contributed by atoms with E-state index in [0.717, 1.165) is 28.2 Å². The molecule has 2 aromatic carbocycles. The van der Waals surface area contributed by atoms with Crippen molar-refractivity contribution in [3.8, 4) is 16.9 Å². The summed E-state index contributed by atoms with van der Waals surface area (Å²) in [5.74, 6) is 0. The molecule has 22 heavy (non-hydrogen) atoms. The van der Waals surface area contributed by atoms with Gasteiger partial charge in [-0.25, -0.2) is 4.68 Å². The molecule has 112 valence electrons. The van der Waals surface area contributed by atoms with Crippen LogP contribution < -0.4 is 5.73 Å². The van der Waals surface area contributed by atoms with Crippen LogP contribution in [0.2, 0.25) is 0 Å². The number of hydrogen-bond acceptors (Lipinski definition) is 3. The smallest absolute Gasteiger partial charge is 0.105 e. The molecular formula is C18H20N4. The van der Waals surface area contributed by atoms with Crippen molar-refractivity contribution in [3.05, 3.63) is 64.8 Å². The van der Waals surface area contributed by atoms with Crippen LogP contribution >= 0.6 is 0 Å². The summed E-state index contributed by atoms with van der Waals surface area (Å²) in [6, 6.07) is 14.7. The second-order valence-corrected chi connectivity index (χ2v) is 5.66. The van der Waals surface area contributed by atoms with Gasteiger partial charge >= 0.3 is 0 Å². The second-order valence-electron chi connectivity index (χ2n) is 5.66. The van der Waals surface area contributed by atoms with Gasteiger partial charge in [-0.1, -0.05) is 41.1 Å². The predicted molar refractivity (Wildman–Crippen MR) is 88.9 cm³/mol. The number of benzene rings is 2. The molecule has 0 fully saturated rings. The van der Waals surface area contributed by atoms with Crippen molar-refractivity contribution in [1.29, 1.82) is 0 Å². The molecule has 0 radical (unpaired) electrons.